The second kappa shape index (κ2) is 8.89. The molecule has 1 aromatic carbocycles. The highest BCUT2D eigenvalue weighted by Crippen LogP contribution is 2.34. The van der Waals surface area contributed by atoms with Gasteiger partial charge in [0.1, 0.15) is 6.54 Å². The molecule has 0 radical (unpaired) electrons. The number of esters is 2. The van der Waals surface area contributed by atoms with Crippen LogP contribution in [0.4, 0.5) is 5.69 Å². The molecule has 0 saturated carbocycles. The van der Waals surface area contributed by atoms with Gasteiger partial charge in [-0.1, -0.05) is 0 Å². The van der Waals surface area contributed by atoms with Crippen molar-refractivity contribution < 1.29 is 33.3 Å². The molecule has 9 heteroatoms. The maximum absolute atomic E-state index is 12.4. The number of benzene rings is 1. The molecule has 3 rings (SSSR count). The van der Waals surface area contributed by atoms with Crippen molar-refractivity contribution in [3.8, 4) is 11.5 Å². The quantitative estimate of drug-likeness (QED) is 0.692. The summed E-state index contributed by atoms with van der Waals surface area (Å²) in [5, 5.41) is 2.68. The number of hydrogen-bond donors (Lipinski definition) is 1. The number of aryl methyl sites for hydroxylation is 1. The molecule has 9 nitrogen and oxygen atoms in total. The van der Waals surface area contributed by atoms with Crippen LogP contribution in [-0.4, -0.2) is 41.9 Å². The summed E-state index contributed by atoms with van der Waals surface area (Å²) in [6.45, 7) is 6.99. The summed E-state index contributed by atoms with van der Waals surface area (Å²) in [6.07, 6.45) is -1.01. The minimum atomic E-state index is -1.01. The first-order valence-electron chi connectivity index (χ1n) is 9.54. The minimum absolute atomic E-state index is 0.126. The molecule has 1 aliphatic heterocycles. The molecular formula is C21H24N2O7. The molecule has 2 heterocycles. The third kappa shape index (κ3) is 4.56. The topological polar surface area (TPSA) is 105 Å². The van der Waals surface area contributed by atoms with E-state index in [1.165, 1.54) is 6.92 Å². The molecule has 0 bridgehead atoms. The van der Waals surface area contributed by atoms with E-state index in [9.17, 15) is 14.4 Å². The number of amides is 1. The fraction of sp³-hybridized carbons (Fsp3) is 0.381. The monoisotopic (exact) mass is 416 g/mol. The normalized spacial score (nSPS) is 12.9. The van der Waals surface area contributed by atoms with E-state index in [0.29, 0.717) is 34.1 Å². The van der Waals surface area contributed by atoms with Gasteiger partial charge in [0.15, 0.2) is 17.6 Å². The summed E-state index contributed by atoms with van der Waals surface area (Å²) in [4.78, 5) is 36.7. The molecule has 1 N–H and O–H groups in total. The Morgan fingerprint density at radius 1 is 1.17 bits per heavy atom. The fourth-order valence-electron chi connectivity index (χ4n) is 3.10. The Balaban J connectivity index is 1.59. The van der Waals surface area contributed by atoms with Crippen LogP contribution in [0.1, 0.15) is 35.6 Å². The number of anilines is 1. The Morgan fingerprint density at radius 2 is 1.90 bits per heavy atom. The standard InChI is InChI=1S/C21H24N2O7/c1-5-27-21(26)16-8-12(2)23(13(16)3)10-19(24)30-14(4)20(25)22-15-6-7-17-18(9-15)29-11-28-17/h6-9,14H,5,10-11H2,1-4H3,(H,22,25)/t14-/m1/s1. The van der Waals surface area contributed by atoms with E-state index in [-0.39, 0.29) is 19.9 Å². The predicted octanol–water partition coefficient (Wildman–Crippen LogP) is 2.58. The summed E-state index contributed by atoms with van der Waals surface area (Å²) < 4.78 is 22.4. The van der Waals surface area contributed by atoms with Gasteiger partial charge in [-0.25, -0.2) is 4.79 Å². The van der Waals surface area contributed by atoms with Crippen molar-refractivity contribution >= 4 is 23.5 Å². The van der Waals surface area contributed by atoms with Crippen LogP contribution in [0.15, 0.2) is 24.3 Å². The maximum atomic E-state index is 12.4. The maximum Gasteiger partial charge on any atom is 0.339 e. The molecule has 0 aliphatic carbocycles. The highest BCUT2D eigenvalue weighted by atomic mass is 16.7. The molecule has 1 amide bonds. The second-order valence-electron chi connectivity index (χ2n) is 6.78. The summed E-state index contributed by atoms with van der Waals surface area (Å²) in [5.41, 5.74) is 2.21. The van der Waals surface area contributed by atoms with Gasteiger partial charge < -0.3 is 28.8 Å². The van der Waals surface area contributed by atoms with Crippen molar-refractivity contribution in [2.24, 2.45) is 0 Å². The highest BCUT2D eigenvalue weighted by molar-refractivity contribution is 5.95. The van der Waals surface area contributed by atoms with E-state index in [4.69, 9.17) is 18.9 Å². The van der Waals surface area contributed by atoms with Gasteiger partial charge in [0, 0.05) is 23.1 Å². The largest absolute Gasteiger partial charge is 0.462 e. The number of nitrogens with one attached hydrogen (secondary N) is 1. The van der Waals surface area contributed by atoms with Crippen LogP contribution in [0.25, 0.3) is 0 Å². The lowest BCUT2D eigenvalue weighted by molar-refractivity contribution is -0.153. The number of fused-ring (bicyclic) bond motifs is 1. The first kappa shape index (κ1) is 21.2. The minimum Gasteiger partial charge on any atom is -0.462 e. The van der Waals surface area contributed by atoms with Gasteiger partial charge in [-0.05, 0) is 45.9 Å². The zero-order chi connectivity index (χ0) is 21.8. The van der Waals surface area contributed by atoms with E-state index in [0.717, 1.165) is 0 Å². The number of carbonyl (C=O) groups excluding carboxylic acids is 3. The average molecular weight is 416 g/mol. The molecule has 1 aromatic heterocycles. The van der Waals surface area contributed by atoms with Crippen molar-refractivity contribution in [1.82, 2.24) is 4.57 Å². The third-order valence-electron chi connectivity index (χ3n) is 4.67. The zero-order valence-electron chi connectivity index (χ0n) is 17.3. The van der Waals surface area contributed by atoms with Crippen molar-refractivity contribution in [2.75, 3.05) is 18.7 Å². The van der Waals surface area contributed by atoms with Gasteiger partial charge >= 0.3 is 11.9 Å². The Kier molecular flexibility index (Phi) is 6.29. The number of hydrogen-bond acceptors (Lipinski definition) is 7. The lowest BCUT2D eigenvalue weighted by Gasteiger charge is -2.15. The lowest BCUT2D eigenvalue weighted by Crippen LogP contribution is -2.31. The smallest absolute Gasteiger partial charge is 0.339 e. The third-order valence-corrected chi connectivity index (χ3v) is 4.67. The Bertz CT molecular complexity index is 980. The Labute approximate surface area is 173 Å². The first-order valence-corrected chi connectivity index (χ1v) is 9.54. The van der Waals surface area contributed by atoms with Crippen molar-refractivity contribution in [1.29, 1.82) is 0 Å². The van der Waals surface area contributed by atoms with Crippen LogP contribution < -0.4 is 14.8 Å². The van der Waals surface area contributed by atoms with Crippen molar-refractivity contribution in [3.05, 3.63) is 41.2 Å². The average Bonchev–Trinajstić information content (AvgIpc) is 3.27. The van der Waals surface area contributed by atoms with Crippen molar-refractivity contribution in [3.63, 3.8) is 0 Å². The molecule has 0 spiro atoms. The number of ether oxygens (including phenoxy) is 4. The van der Waals surface area contributed by atoms with E-state index in [2.05, 4.69) is 5.32 Å². The SMILES string of the molecule is CCOC(=O)c1cc(C)n(CC(=O)O[C@H](C)C(=O)Nc2ccc3c(c2)OCO3)c1C. The van der Waals surface area contributed by atoms with Crippen LogP contribution >= 0.6 is 0 Å². The van der Waals surface area contributed by atoms with Crippen LogP contribution in [0.5, 0.6) is 11.5 Å². The van der Waals surface area contributed by atoms with E-state index < -0.39 is 23.9 Å². The summed E-state index contributed by atoms with van der Waals surface area (Å²) in [6, 6.07) is 6.66. The van der Waals surface area contributed by atoms with Crippen LogP contribution in [0, 0.1) is 13.8 Å². The van der Waals surface area contributed by atoms with Crippen LogP contribution in [0.2, 0.25) is 0 Å². The van der Waals surface area contributed by atoms with Crippen molar-refractivity contribution in [2.45, 2.75) is 40.3 Å². The Morgan fingerprint density at radius 3 is 2.63 bits per heavy atom. The van der Waals surface area contributed by atoms with Gasteiger partial charge in [-0.2, -0.15) is 0 Å². The van der Waals surface area contributed by atoms with Crippen LogP contribution in [0.3, 0.4) is 0 Å². The number of rotatable bonds is 7. The predicted molar refractivity (Wildman–Crippen MR) is 107 cm³/mol. The molecular weight excluding hydrogens is 392 g/mol. The highest BCUT2D eigenvalue weighted by Gasteiger charge is 2.22. The summed E-state index contributed by atoms with van der Waals surface area (Å²) in [7, 11) is 0. The summed E-state index contributed by atoms with van der Waals surface area (Å²) >= 11 is 0. The van der Waals surface area contributed by atoms with Crippen LogP contribution in [-0.2, 0) is 25.6 Å². The molecule has 0 saturated heterocycles. The van der Waals surface area contributed by atoms with Gasteiger partial charge in [0.25, 0.3) is 5.91 Å². The zero-order valence-corrected chi connectivity index (χ0v) is 17.3. The Hall–Kier alpha value is -3.49. The first-order chi connectivity index (χ1) is 14.3. The number of carbonyl (C=O) groups is 3. The van der Waals surface area contributed by atoms with E-state index in [1.807, 2.05) is 0 Å². The van der Waals surface area contributed by atoms with Gasteiger partial charge in [-0.15, -0.1) is 0 Å². The fourth-order valence-corrected chi connectivity index (χ4v) is 3.10. The molecule has 2 aromatic rings. The molecule has 0 unspecified atom stereocenters. The lowest BCUT2D eigenvalue weighted by atomic mass is 10.2. The second-order valence-corrected chi connectivity index (χ2v) is 6.78. The number of nitrogens with zero attached hydrogens (tertiary/aromatic N) is 1. The molecule has 0 fully saturated rings. The van der Waals surface area contributed by atoms with Gasteiger partial charge in [0.05, 0.1) is 12.2 Å². The van der Waals surface area contributed by atoms with Gasteiger partial charge in [0.2, 0.25) is 6.79 Å². The van der Waals surface area contributed by atoms with Gasteiger partial charge in [-0.3, -0.25) is 9.59 Å². The molecule has 160 valence electrons. The number of aromatic nitrogens is 1. The molecule has 1 aliphatic rings. The molecule has 30 heavy (non-hydrogen) atoms. The van der Waals surface area contributed by atoms with E-state index in [1.54, 1.807) is 49.6 Å². The molecule has 1 atom stereocenters. The van der Waals surface area contributed by atoms with E-state index >= 15 is 0 Å². The summed E-state index contributed by atoms with van der Waals surface area (Å²) in [5.74, 6) is -0.377.